The number of rotatable bonds is 3. The van der Waals surface area contributed by atoms with Gasteiger partial charge in [0.05, 0.1) is 18.7 Å². The number of ether oxygens (including phenoxy) is 1. The number of hydrogen-bond donors (Lipinski definition) is 1. The van der Waals surface area contributed by atoms with E-state index in [1.807, 2.05) is 36.7 Å². The van der Waals surface area contributed by atoms with Crippen LogP contribution in [-0.2, 0) is 16.1 Å². The molecular formula is C15H19NO3. The van der Waals surface area contributed by atoms with Gasteiger partial charge in [0.15, 0.2) is 0 Å². The van der Waals surface area contributed by atoms with Crippen LogP contribution < -0.4 is 0 Å². The van der Waals surface area contributed by atoms with Gasteiger partial charge >= 0.3 is 5.97 Å². The van der Waals surface area contributed by atoms with Crippen molar-refractivity contribution < 1.29 is 14.6 Å². The van der Waals surface area contributed by atoms with E-state index in [9.17, 15) is 9.90 Å². The van der Waals surface area contributed by atoms with Gasteiger partial charge in [-0.1, -0.05) is 12.1 Å². The van der Waals surface area contributed by atoms with Crippen molar-refractivity contribution in [1.82, 2.24) is 4.57 Å². The van der Waals surface area contributed by atoms with Gasteiger partial charge in [-0.05, 0) is 31.9 Å². The Kier molecular flexibility index (Phi) is 3.62. The van der Waals surface area contributed by atoms with E-state index >= 15 is 0 Å². The summed E-state index contributed by atoms with van der Waals surface area (Å²) in [5.74, 6) is -0.296. The van der Waals surface area contributed by atoms with Crippen molar-refractivity contribution in [2.24, 2.45) is 0 Å². The molecule has 1 unspecified atom stereocenters. The van der Waals surface area contributed by atoms with Crippen LogP contribution in [0, 0.1) is 13.8 Å². The zero-order valence-corrected chi connectivity index (χ0v) is 11.7. The van der Waals surface area contributed by atoms with Gasteiger partial charge in [-0.3, -0.25) is 4.79 Å². The number of esters is 1. The summed E-state index contributed by atoms with van der Waals surface area (Å²) in [5, 5.41) is 10.9. The van der Waals surface area contributed by atoms with Crippen LogP contribution in [0.1, 0.15) is 29.7 Å². The highest BCUT2D eigenvalue weighted by Gasteiger charge is 2.17. The number of hydrogen-bond acceptors (Lipinski definition) is 3. The zero-order valence-electron chi connectivity index (χ0n) is 11.7. The van der Waals surface area contributed by atoms with Crippen LogP contribution in [0.4, 0.5) is 0 Å². The summed E-state index contributed by atoms with van der Waals surface area (Å²) >= 11 is 0. The summed E-state index contributed by atoms with van der Waals surface area (Å²) < 4.78 is 6.57. The van der Waals surface area contributed by atoms with Crippen LogP contribution in [0.25, 0.3) is 10.9 Å². The minimum Gasteiger partial charge on any atom is -0.468 e. The third-order valence-electron chi connectivity index (χ3n) is 3.44. The standard InChI is InChI=1S/C15H19NO3/c1-9-5-6-10(2)15-14(9)12(11(3)17)7-16(15)8-13(18)19-4/h5-7,11,17H,8H2,1-4H3. The second kappa shape index (κ2) is 5.05. The number of aliphatic hydroxyl groups excluding tert-OH is 1. The molecule has 1 aromatic heterocycles. The summed E-state index contributed by atoms with van der Waals surface area (Å²) in [6.07, 6.45) is 1.27. The molecule has 0 saturated carbocycles. The van der Waals surface area contributed by atoms with Crippen LogP contribution in [0.3, 0.4) is 0 Å². The molecule has 19 heavy (non-hydrogen) atoms. The van der Waals surface area contributed by atoms with E-state index in [4.69, 9.17) is 4.74 Å². The predicted molar refractivity (Wildman–Crippen MR) is 74.1 cm³/mol. The maximum atomic E-state index is 11.5. The lowest BCUT2D eigenvalue weighted by Crippen LogP contribution is -2.11. The molecule has 1 aromatic carbocycles. The molecule has 0 aliphatic heterocycles. The molecule has 2 aromatic rings. The molecule has 1 heterocycles. The van der Waals surface area contributed by atoms with E-state index < -0.39 is 6.10 Å². The first-order valence-corrected chi connectivity index (χ1v) is 6.29. The average Bonchev–Trinajstić information content (AvgIpc) is 2.74. The monoisotopic (exact) mass is 261 g/mol. The lowest BCUT2D eigenvalue weighted by molar-refractivity contribution is -0.141. The maximum Gasteiger partial charge on any atom is 0.325 e. The van der Waals surface area contributed by atoms with Gasteiger partial charge in [0.1, 0.15) is 6.54 Å². The number of methoxy groups -OCH3 is 1. The molecule has 2 rings (SSSR count). The van der Waals surface area contributed by atoms with Gasteiger partial charge < -0.3 is 14.4 Å². The van der Waals surface area contributed by atoms with Gasteiger partial charge in [0.2, 0.25) is 0 Å². The van der Waals surface area contributed by atoms with Crippen molar-refractivity contribution in [3.8, 4) is 0 Å². The van der Waals surface area contributed by atoms with E-state index in [2.05, 4.69) is 0 Å². The van der Waals surface area contributed by atoms with Gasteiger partial charge in [-0.2, -0.15) is 0 Å². The third kappa shape index (κ3) is 2.36. The van der Waals surface area contributed by atoms with E-state index in [0.717, 1.165) is 27.6 Å². The zero-order chi connectivity index (χ0) is 14.2. The van der Waals surface area contributed by atoms with Crippen LogP contribution in [0.2, 0.25) is 0 Å². The Hall–Kier alpha value is -1.81. The maximum absolute atomic E-state index is 11.5. The molecule has 0 aliphatic carbocycles. The Morgan fingerprint density at radius 3 is 2.58 bits per heavy atom. The molecule has 0 aliphatic rings. The molecule has 1 N–H and O–H groups in total. The molecule has 0 fully saturated rings. The number of carbonyl (C=O) groups excluding carboxylic acids is 1. The van der Waals surface area contributed by atoms with Crippen molar-refractivity contribution in [3.63, 3.8) is 0 Å². The Morgan fingerprint density at radius 2 is 2.00 bits per heavy atom. The topological polar surface area (TPSA) is 51.5 Å². The quantitative estimate of drug-likeness (QED) is 0.864. The molecule has 4 nitrogen and oxygen atoms in total. The fourth-order valence-corrected chi connectivity index (χ4v) is 2.47. The van der Waals surface area contributed by atoms with E-state index in [1.165, 1.54) is 7.11 Å². The van der Waals surface area contributed by atoms with E-state index in [-0.39, 0.29) is 12.5 Å². The first-order valence-electron chi connectivity index (χ1n) is 6.29. The van der Waals surface area contributed by atoms with Crippen molar-refractivity contribution in [1.29, 1.82) is 0 Å². The Morgan fingerprint density at radius 1 is 1.37 bits per heavy atom. The summed E-state index contributed by atoms with van der Waals surface area (Å²) in [4.78, 5) is 11.5. The molecule has 4 heteroatoms. The number of aliphatic hydroxyl groups is 1. The second-order valence-corrected chi connectivity index (χ2v) is 4.89. The van der Waals surface area contributed by atoms with Gasteiger partial charge in [-0.15, -0.1) is 0 Å². The number of aromatic nitrogens is 1. The SMILES string of the molecule is COC(=O)Cn1cc(C(C)O)c2c(C)ccc(C)c21. The number of aryl methyl sites for hydroxylation is 2. The smallest absolute Gasteiger partial charge is 0.325 e. The van der Waals surface area contributed by atoms with Crippen LogP contribution >= 0.6 is 0 Å². The van der Waals surface area contributed by atoms with Crippen molar-refractivity contribution in [3.05, 3.63) is 35.0 Å². The fourth-order valence-electron chi connectivity index (χ4n) is 2.47. The predicted octanol–water partition coefficient (Wildman–Crippen LogP) is 2.48. The highest BCUT2D eigenvalue weighted by Crippen LogP contribution is 2.31. The first-order chi connectivity index (χ1) is 8.95. The molecule has 0 spiro atoms. The highest BCUT2D eigenvalue weighted by atomic mass is 16.5. The lowest BCUT2D eigenvalue weighted by atomic mass is 10.0. The van der Waals surface area contributed by atoms with Crippen molar-refractivity contribution in [2.75, 3.05) is 7.11 Å². The Labute approximate surface area is 112 Å². The largest absolute Gasteiger partial charge is 0.468 e. The number of fused-ring (bicyclic) bond motifs is 1. The first kappa shape index (κ1) is 13.6. The summed E-state index contributed by atoms with van der Waals surface area (Å²) in [6.45, 7) is 5.90. The minimum absolute atomic E-state index is 0.157. The molecular weight excluding hydrogens is 242 g/mol. The van der Waals surface area contributed by atoms with E-state index in [1.54, 1.807) is 6.92 Å². The van der Waals surface area contributed by atoms with Crippen LogP contribution in [0.5, 0.6) is 0 Å². The van der Waals surface area contributed by atoms with Crippen molar-refractivity contribution >= 4 is 16.9 Å². The van der Waals surface area contributed by atoms with Gasteiger partial charge in [0.25, 0.3) is 0 Å². The number of nitrogens with zero attached hydrogens (tertiary/aromatic N) is 1. The molecule has 0 saturated heterocycles. The normalized spacial score (nSPS) is 12.7. The third-order valence-corrected chi connectivity index (χ3v) is 3.44. The number of benzene rings is 1. The van der Waals surface area contributed by atoms with Gasteiger partial charge in [-0.25, -0.2) is 0 Å². The fraction of sp³-hybridized carbons (Fsp3) is 0.400. The molecule has 102 valence electrons. The molecule has 0 amide bonds. The van der Waals surface area contributed by atoms with Crippen LogP contribution in [0.15, 0.2) is 18.3 Å². The Balaban J connectivity index is 2.71. The molecule has 0 radical (unpaired) electrons. The van der Waals surface area contributed by atoms with Crippen molar-refractivity contribution in [2.45, 2.75) is 33.4 Å². The summed E-state index contributed by atoms with van der Waals surface area (Å²) in [6, 6.07) is 4.06. The van der Waals surface area contributed by atoms with E-state index in [0.29, 0.717) is 0 Å². The Bertz CT molecular complexity index is 626. The minimum atomic E-state index is -0.568. The van der Waals surface area contributed by atoms with Gasteiger partial charge in [0, 0.05) is 17.1 Å². The molecule has 0 bridgehead atoms. The highest BCUT2D eigenvalue weighted by molar-refractivity contribution is 5.91. The second-order valence-electron chi connectivity index (χ2n) is 4.89. The molecule has 1 atom stereocenters. The van der Waals surface area contributed by atoms with Crippen LogP contribution in [-0.4, -0.2) is 22.8 Å². The summed E-state index contributed by atoms with van der Waals surface area (Å²) in [7, 11) is 1.38. The summed E-state index contributed by atoms with van der Waals surface area (Å²) in [5.41, 5.74) is 4.01. The average molecular weight is 261 g/mol. The lowest BCUT2D eigenvalue weighted by Gasteiger charge is -2.07. The number of carbonyl (C=O) groups is 1.